The molecule has 0 saturated heterocycles. The maximum atomic E-state index is 12.6. The number of benzene rings is 1. The predicted octanol–water partition coefficient (Wildman–Crippen LogP) is 1.51. The Morgan fingerprint density at radius 2 is 1.84 bits per heavy atom. The van der Waals surface area contributed by atoms with Gasteiger partial charge in [-0.1, -0.05) is 30.3 Å². The van der Waals surface area contributed by atoms with E-state index in [1.165, 1.54) is 18.8 Å². The van der Waals surface area contributed by atoms with Gasteiger partial charge in [0, 0.05) is 32.9 Å². The van der Waals surface area contributed by atoms with Crippen LogP contribution in [0.1, 0.15) is 26.4 Å². The zero-order valence-electron chi connectivity index (χ0n) is 14.1. The van der Waals surface area contributed by atoms with Crippen molar-refractivity contribution >= 4 is 24.2 Å². The van der Waals surface area contributed by atoms with E-state index < -0.39 is 0 Å². The van der Waals surface area contributed by atoms with Crippen LogP contribution in [0.15, 0.2) is 48.7 Å². The molecule has 1 heterocycles. The smallest absolute Gasteiger partial charge is 0.269 e. The lowest BCUT2D eigenvalue weighted by Gasteiger charge is -2.22. The lowest BCUT2D eigenvalue weighted by Crippen LogP contribution is -2.37. The second-order valence-electron chi connectivity index (χ2n) is 5.33. The maximum absolute atomic E-state index is 12.6. The van der Waals surface area contributed by atoms with Crippen molar-refractivity contribution in [2.45, 2.75) is 6.42 Å². The molecule has 2 rings (SSSR count). The number of carbonyl (C=O) groups excluding carboxylic acids is 2. The minimum absolute atomic E-state index is 0. The molecule has 0 fully saturated rings. The van der Waals surface area contributed by atoms with Crippen LogP contribution in [0.25, 0.3) is 0 Å². The molecule has 0 bridgehead atoms. The number of nitrogens with one attached hydrogen (secondary N) is 1. The lowest BCUT2D eigenvalue weighted by molar-refractivity contribution is 0.0761. The number of halogens is 1. The topological polar surface area (TPSA) is 88.3 Å². The fourth-order valence-electron chi connectivity index (χ4n) is 2.34. The molecule has 0 unspecified atom stereocenters. The summed E-state index contributed by atoms with van der Waals surface area (Å²) in [7, 11) is 1.54. The molecule has 0 aliphatic heterocycles. The summed E-state index contributed by atoms with van der Waals surface area (Å²) < 4.78 is 0. The van der Waals surface area contributed by atoms with E-state index in [1.54, 1.807) is 17.0 Å². The number of hydrogen-bond acceptors (Lipinski definition) is 4. The highest BCUT2D eigenvalue weighted by atomic mass is 35.5. The molecule has 0 radical (unpaired) electrons. The van der Waals surface area contributed by atoms with E-state index in [4.69, 9.17) is 5.73 Å². The van der Waals surface area contributed by atoms with Crippen molar-refractivity contribution in [1.82, 2.24) is 15.2 Å². The fraction of sp³-hybridized carbons (Fsp3) is 0.278. The van der Waals surface area contributed by atoms with Gasteiger partial charge in [0.2, 0.25) is 0 Å². The largest absolute Gasteiger partial charge is 0.354 e. The number of hydrogen-bond donors (Lipinski definition) is 2. The molecule has 1 aromatic heterocycles. The first-order chi connectivity index (χ1) is 11.7. The van der Waals surface area contributed by atoms with Gasteiger partial charge < -0.3 is 16.0 Å². The van der Waals surface area contributed by atoms with Crippen LogP contribution >= 0.6 is 12.4 Å². The van der Waals surface area contributed by atoms with E-state index in [1.807, 2.05) is 30.3 Å². The van der Waals surface area contributed by atoms with Crippen LogP contribution in [0, 0.1) is 0 Å². The molecule has 1 aromatic carbocycles. The summed E-state index contributed by atoms with van der Waals surface area (Å²) in [5.74, 6) is -0.413. The Labute approximate surface area is 153 Å². The number of rotatable bonds is 7. The Balaban J connectivity index is 0.00000312. The van der Waals surface area contributed by atoms with Crippen molar-refractivity contribution in [2.24, 2.45) is 5.73 Å². The van der Waals surface area contributed by atoms with Gasteiger partial charge in [-0.25, -0.2) is 0 Å². The van der Waals surface area contributed by atoms with Crippen LogP contribution in [0.4, 0.5) is 0 Å². The number of pyridine rings is 1. The minimum Gasteiger partial charge on any atom is -0.354 e. The van der Waals surface area contributed by atoms with Gasteiger partial charge in [-0.3, -0.25) is 14.6 Å². The second-order valence-corrected chi connectivity index (χ2v) is 5.33. The highest BCUT2D eigenvalue weighted by molar-refractivity contribution is 5.96. The molecular formula is C18H23ClN4O2. The molecule has 0 aliphatic carbocycles. The summed E-state index contributed by atoms with van der Waals surface area (Å²) in [5.41, 5.74) is 7.53. The average Bonchev–Trinajstić information content (AvgIpc) is 2.65. The second kappa shape index (κ2) is 10.4. The number of carbonyl (C=O) groups is 2. The van der Waals surface area contributed by atoms with Crippen molar-refractivity contribution in [1.29, 1.82) is 0 Å². The first kappa shape index (κ1) is 20.6. The van der Waals surface area contributed by atoms with E-state index in [9.17, 15) is 9.59 Å². The van der Waals surface area contributed by atoms with Crippen molar-refractivity contribution in [3.05, 3.63) is 65.5 Å². The van der Waals surface area contributed by atoms with E-state index in [0.29, 0.717) is 25.2 Å². The highest BCUT2D eigenvalue weighted by Gasteiger charge is 2.16. The summed E-state index contributed by atoms with van der Waals surface area (Å²) in [4.78, 5) is 29.9. The molecule has 0 spiro atoms. The molecule has 25 heavy (non-hydrogen) atoms. The fourth-order valence-corrected chi connectivity index (χ4v) is 2.34. The summed E-state index contributed by atoms with van der Waals surface area (Å²) in [6, 6.07) is 13.1. The zero-order valence-corrected chi connectivity index (χ0v) is 15.0. The van der Waals surface area contributed by atoms with Crippen LogP contribution in [0.3, 0.4) is 0 Å². The quantitative estimate of drug-likeness (QED) is 0.781. The molecule has 0 aliphatic rings. The van der Waals surface area contributed by atoms with E-state index >= 15 is 0 Å². The van der Waals surface area contributed by atoms with Crippen LogP contribution in [0.2, 0.25) is 0 Å². The first-order valence-corrected chi connectivity index (χ1v) is 7.87. The molecule has 2 amide bonds. The number of nitrogens with two attached hydrogens (primary N) is 1. The predicted molar refractivity (Wildman–Crippen MR) is 100.0 cm³/mol. The molecule has 134 valence electrons. The Hall–Kier alpha value is -2.44. The normalized spacial score (nSPS) is 9.84. The van der Waals surface area contributed by atoms with Gasteiger partial charge >= 0.3 is 0 Å². The van der Waals surface area contributed by atoms with Gasteiger partial charge in [0.25, 0.3) is 11.8 Å². The zero-order chi connectivity index (χ0) is 17.4. The summed E-state index contributed by atoms with van der Waals surface area (Å²) in [6.07, 6.45) is 2.19. The standard InChI is InChI=1S/C18H22N4O2.ClH/c1-20-17(23)16-8-7-15(13-21-16)18(24)22(12-10-19)11-9-14-5-3-2-4-6-14;/h2-8,13H,9-12,19H2,1H3,(H,20,23);1H. The summed E-state index contributed by atoms with van der Waals surface area (Å²) in [6.45, 7) is 1.45. The first-order valence-electron chi connectivity index (χ1n) is 7.87. The Morgan fingerprint density at radius 1 is 1.12 bits per heavy atom. The van der Waals surface area contributed by atoms with Gasteiger partial charge in [0.1, 0.15) is 5.69 Å². The lowest BCUT2D eigenvalue weighted by atomic mass is 10.1. The van der Waals surface area contributed by atoms with Crippen LogP contribution in [-0.4, -0.2) is 48.4 Å². The number of aromatic nitrogens is 1. The minimum atomic E-state index is -0.281. The summed E-state index contributed by atoms with van der Waals surface area (Å²) >= 11 is 0. The van der Waals surface area contributed by atoms with Crippen molar-refractivity contribution < 1.29 is 9.59 Å². The van der Waals surface area contributed by atoms with Crippen molar-refractivity contribution in [3.63, 3.8) is 0 Å². The Kier molecular flexibility index (Phi) is 8.60. The monoisotopic (exact) mass is 362 g/mol. The van der Waals surface area contributed by atoms with Gasteiger partial charge in [0.05, 0.1) is 5.56 Å². The highest BCUT2D eigenvalue weighted by Crippen LogP contribution is 2.08. The van der Waals surface area contributed by atoms with Crippen molar-refractivity contribution in [2.75, 3.05) is 26.7 Å². The molecule has 0 atom stereocenters. The van der Waals surface area contributed by atoms with E-state index in [-0.39, 0.29) is 29.9 Å². The van der Waals surface area contributed by atoms with Gasteiger partial charge in [-0.2, -0.15) is 0 Å². The molecule has 2 aromatic rings. The summed E-state index contributed by atoms with van der Waals surface area (Å²) in [5, 5.41) is 2.50. The van der Waals surface area contributed by atoms with Gasteiger partial charge in [-0.05, 0) is 24.1 Å². The Morgan fingerprint density at radius 3 is 2.40 bits per heavy atom. The Bertz CT molecular complexity index is 677. The molecule has 3 N–H and O–H groups in total. The van der Waals surface area contributed by atoms with E-state index in [0.717, 1.165) is 6.42 Å². The van der Waals surface area contributed by atoms with Gasteiger partial charge in [0.15, 0.2) is 0 Å². The third-order valence-electron chi connectivity index (χ3n) is 3.67. The molecule has 0 saturated carbocycles. The van der Waals surface area contributed by atoms with E-state index in [2.05, 4.69) is 10.3 Å². The SMILES string of the molecule is CNC(=O)c1ccc(C(=O)N(CCN)CCc2ccccc2)cn1.Cl. The number of amides is 2. The van der Waals surface area contributed by atoms with Crippen LogP contribution < -0.4 is 11.1 Å². The molecule has 6 nitrogen and oxygen atoms in total. The van der Waals surface area contributed by atoms with Crippen LogP contribution in [0.5, 0.6) is 0 Å². The van der Waals surface area contributed by atoms with Crippen LogP contribution in [-0.2, 0) is 6.42 Å². The third kappa shape index (κ3) is 5.85. The molecular weight excluding hydrogens is 340 g/mol. The average molecular weight is 363 g/mol. The number of nitrogens with zero attached hydrogens (tertiary/aromatic N) is 2. The third-order valence-corrected chi connectivity index (χ3v) is 3.67. The van der Waals surface area contributed by atoms with Gasteiger partial charge in [-0.15, -0.1) is 12.4 Å². The molecule has 7 heteroatoms. The van der Waals surface area contributed by atoms with Crippen molar-refractivity contribution in [3.8, 4) is 0 Å². The maximum Gasteiger partial charge on any atom is 0.269 e.